The molecule has 35 heavy (non-hydrogen) atoms. The van der Waals surface area contributed by atoms with Crippen LogP contribution in [0.25, 0.3) is 11.0 Å². The third-order valence-electron chi connectivity index (χ3n) is 5.94. The maximum atomic E-state index is 13.8. The first-order valence-electron chi connectivity index (χ1n) is 11.4. The van der Waals surface area contributed by atoms with E-state index in [-0.39, 0.29) is 41.8 Å². The van der Waals surface area contributed by atoms with Gasteiger partial charge in [-0.3, -0.25) is 9.59 Å². The van der Waals surface area contributed by atoms with Gasteiger partial charge in [0.1, 0.15) is 5.76 Å². The maximum absolute atomic E-state index is 13.8. The van der Waals surface area contributed by atoms with Crippen LogP contribution in [0, 0.1) is 0 Å². The van der Waals surface area contributed by atoms with E-state index in [4.69, 9.17) is 4.42 Å². The molecule has 7 nitrogen and oxygen atoms in total. The van der Waals surface area contributed by atoms with E-state index in [0.717, 1.165) is 11.1 Å². The van der Waals surface area contributed by atoms with Gasteiger partial charge in [0.2, 0.25) is 0 Å². The number of hydrogen-bond acceptors (Lipinski definition) is 7. The highest BCUT2D eigenvalue weighted by atomic mass is 35.5. The minimum atomic E-state index is -0.235. The van der Waals surface area contributed by atoms with Crippen molar-refractivity contribution in [1.82, 2.24) is 10.6 Å². The lowest BCUT2D eigenvalue weighted by molar-refractivity contribution is 0.0980. The number of hydrogen-bond donors (Lipinski definition) is 4. The average molecular weight is 521 g/mol. The second-order valence-corrected chi connectivity index (χ2v) is 9.37. The lowest BCUT2D eigenvalue weighted by Gasteiger charge is -2.24. The molecule has 0 spiro atoms. The summed E-state index contributed by atoms with van der Waals surface area (Å²) >= 11 is 0. The van der Waals surface area contributed by atoms with Crippen molar-refractivity contribution in [1.29, 1.82) is 0 Å². The second kappa shape index (κ2) is 11.4. The van der Waals surface area contributed by atoms with Gasteiger partial charge in [-0.2, -0.15) is 0 Å². The normalized spacial score (nSPS) is 12.5. The van der Waals surface area contributed by atoms with E-state index in [1.165, 1.54) is 0 Å². The zero-order valence-electron chi connectivity index (χ0n) is 20.8. The molecule has 1 aliphatic carbocycles. The van der Waals surface area contributed by atoms with E-state index in [1.54, 1.807) is 24.3 Å². The Kier molecular flexibility index (Phi) is 9.36. The monoisotopic (exact) mass is 520 g/mol. The topological polar surface area (TPSA) is 95.4 Å². The molecule has 1 aliphatic rings. The van der Waals surface area contributed by atoms with Crippen LogP contribution in [-0.2, 0) is 5.41 Å². The van der Waals surface area contributed by atoms with Crippen molar-refractivity contribution in [3.63, 3.8) is 0 Å². The number of benzene rings is 2. The summed E-state index contributed by atoms with van der Waals surface area (Å²) < 4.78 is 6.38. The Labute approximate surface area is 218 Å². The number of carbonyl (C=O) groups is 2. The molecular formula is C26H34Cl2N4O3. The molecule has 0 atom stereocenters. The van der Waals surface area contributed by atoms with Crippen LogP contribution in [0.15, 0.2) is 34.7 Å². The van der Waals surface area contributed by atoms with Crippen molar-refractivity contribution < 1.29 is 14.0 Å². The predicted molar refractivity (Wildman–Crippen MR) is 148 cm³/mol. The Hall–Kier alpha value is -2.58. The number of furan rings is 1. The van der Waals surface area contributed by atoms with Crippen molar-refractivity contribution in [3.05, 3.63) is 58.3 Å². The number of anilines is 2. The van der Waals surface area contributed by atoms with Crippen molar-refractivity contribution in [2.24, 2.45) is 0 Å². The Bertz CT molecular complexity index is 1150. The van der Waals surface area contributed by atoms with Gasteiger partial charge in [0.15, 0.2) is 17.1 Å². The number of ketones is 2. The van der Waals surface area contributed by atoms with E-state index in [1.807, 2.05) is 20.2 Å². The number of carbonyl (C=O) groups excluding carboxylic acids is 2. The van der Waals surface area contributed by atoms with Gasteiger partial charge in [0.25, 0.3) is 0 Å². The number of halogens is 2. The van der Waals surface area contributed by atoms with Gasteiger partial charge in [0, 0.05) is 48.1 Å². The number of likely N-dealkylation sites (N-methyl/N-ethyl adjacent to an activating group) is 2. The highest BCUT2D eigenvalue weighted by molar-refractivity contribution is 6.34. The molecule has 2 aromatic carbocycles. The summed E-state index contributed by atoms with van der Waals surface area (Å²) in [6.07, 6.45) is 0. The third-order valence-corrected chi connectivity index (χ3v) is 5.94. The fraction of sp³-hybridized carbons (Fsp3) is 0.385. The van der Waals surface area contributed by atoms with Crippen LogP contribution in [0.5, 0.6) is 0 Å². The summed E-state index contributed by atoms with van der Waals surface area (Å²) in [5, 5.41) is 13.9. The Morgan fingerprint density at radius 1 is 0.771 bits per heavy atom. The molecule has 190 valence electrons. The molecule has 3 aromatic rings. The molecule has 1 heterocycles. The number of fused-ring (bicyclic) bond motifs is 3. The molecule has 0 amide bonds. The molecule has 0 saturated carbocycles. The van der Waals surface area contributed by atoms with Gasteiger partial charge in [-0.15, -0.1) is 24.8 Å². The van der Waals surface area contributed by atoms with Crippen LogP contribution in [0.1, 0.15) is 58.4 Å². The van der Waals surface area contributed by atoms with Gasteiger partial charge in [-0.05, 0) is 20.2 Å². The summed E-state index contributed by atoms with van der Waals surface area (Å²) in [6.45, 7) is 8.84. The highest BCUT2D eigenvalue weighted by Crippen LogP contribution is 2.45. The summed E-state index contributed by atoms with van der Waals surface area (Å²) in [4.78, 5) is 27.5. The van der Waals surface area contributed by atoms with Crippen molar-refractivity contribution >= 4 is 58.7 Å². The van der Waals surface area contributed by atoms with Gasteiger partial charge >= 0.3 is 0 Å². The fourth-order valence-electron chi connectivity index (χ4n) is 4.21. The van der Waals surface area contributed by atoms with Crippen LogP contribution >= 0.6 is 24.8 Å². The Morgan fingerprint density at radius 2 is 1.26 bits per heavy atom. The van der Waals surface area contributed by atoms with Gasteiger partial charge in [0.05, 0.1) is 22.5 Å². The molecule has 0 fully saturated rings. The highest BCUT2D eigenvalue weighted by Gasteiger charge is 2.37. The largest absolute Gasteiger partial charge is 0.458 e. The summed E-state index contributed by atoms with van der Waals surface area (Å²) in [7, 11) is 3.75. The predicted octanol–water partition coefficient (Wildman–Crippen LogP) is 4.61. The van der Waals surface area contributed by atoms with Gasteiger partial charge in [-0.1, -0.05) is 45.0 Å². The molecular weight excluding hydrogens is 487 g/mol. The minimum absolute atomic E-state index is 0. The smallest absolute Gasteiger partial charge is 0.196 e. The zero-order chi connectivity index (χ0) is 23.8. The summed E-state index contributed by atoms with van der Waals surface area (Å²) in [5.41, 5.74) is 3.25. The Balaban J connectivity index is 0.00000216. The van der Waals surface area contributed by atoms with Crippen molar-refractivity contribution in [2.75, 3.05) is 50.9 Å². The van der Waals surface area contributed by atoms with Crippen molar-refractivity contribution in [3.8, 4) is 0 Å². The van der Waals surface area contributed by atoms with Gasteiger partial charge in [-0.25, -0.2) is 0 Å². The molecule has 0 unspecified atom stereocenters. The van der Waals surface area contributed by atoms with Crippen LogP contribution in [-0.4, -0.2) is 51.8 Å². The quantitative estimate of drug-likeness (QED) is 0.199. The molecule has 0 saturated heterocycles. The molecule has 1 aromatic heterocycles. The zero-order valence-corrected chi connectivity index (χ0v) is 22.4. The standard InChI is InChI=1S/C26H32N4O3.2ClH/c1-26(2,3)18-14-17-21(29-12-10-27-4)19-20(22(25(17)33-18)30-13-11-28-5)24(32)16-9-7-6-8-15(16)23(19)31;;/h6-9,14,27-30H,10-13H2,1-5H3;2*1H. The van der Waals surface area contributed by atoms with Crippen LogP contribution in [0.2, 0.25) is 0 Å². The van der Waals surface area contributed by atoms with E-state index < -0.39 is 0 Å². The second-order valence-electron chi connectivity index (χ2n) is 9.37. The minimum Gasteiger partial charge on any atom is -0.458 e. The fourth-order valence-corrected chi connectivity index (χ4v) is 4.21. The lowest BCUT2D eigenvalue weighted by Crippen LogP contribution is -2.27. The van der Waals surface area contributed by atoms with Crippen LogP contribution in [0.3, 0.4) is 0 Å². The molecule has 0 aliphatic heterocycles. The van der Waals surface area contributed by atoms with E-state index in [0.29, 0.717) is 65.4 Å². The average Bonchev–Trinajstić information content (AvgIpc) is 3.24. The lowest BCUT2D eigenvalue weighted by atomic mass is 9.81. The first kappa shape index (κ1) is 28.7. The maximum Gasteiger partial charge on any atom is 0.196 e. The van der Waals surface area contributed by atoms with E-state index >= 15 is 0 Å². The third kappa shape index (κ3) is 5.19. The molecule has 0 radical (unpaired) electrons. The summed E-state index contributed by atoms with van der Waals surface area (Å²) in [5.74, 6) is 0.481. The number of rotatable bonds is 8. The molecule has 4 rings (SSSR count). The Morgan fingerprint density at radius 3 is 1.74 bits per heavy atom. The first-order chi connectivity index (χ1) is 15.8. The molecule has 0 bridgehead atoms. The SMILES string of the molecule is CNCCNc1c2c(c(NCCNC)c3oc(C(C)(C)C)cc13)C(=O)c1ccccc1C2=O.Cl.Cl. The molecule has 4 N–H and O–H groups in total. The van der Waals surface area contributed by atoms with Gasteiger partial charge < -0.3 is 25.7 Å². The molecule has 9 heteroatoms. The van der Waals surface area contributed by atoms with Crippen molar-refractivity contribution in [2.45, 2.75) is 26.2 Å². The summed E-state index contributed by atoms with van der Waals surface area (Å²) in [6, 6.07) is 9.03. The van der Waals surface area contributed by atoms with Crippen LogP contribution in [0.4, 0.5) is 11.4 Å². The van der Waals surface area contributed by atoms with E-state index in [9.17, 15) is 9.59 Å². The van der Waals surface area contributed by atoms with E-state index in [2.05, 4.69) is 42.0 Å². The first-order valence-corrected chi connectivity index (χ1v) is 11.4. The number of nitrogens with one attached hydrogen (secondary N) is 4. The van der Waals surface area contributed by atoms with Crippen LogP contribution < -0.4 is 21.3 Å².